The summed E-state index contributed by atoms with van der Waals surface area (Å²) in [6.07, 6.45) is 2.13. The van der Waals surface area contributed by atoms with Gasteiger partial charge in [-0.3, -0.25) is 0 Å². The monoisotopic (exact) mass is 270 g/mol. The molecule has 0 saturated carbocycles. The molecule has 2 heterocycles. The largest absolute Gasteiger partial charge is 0.497 e. The number of ether oxygens (including phenoxy) is 1. The maximum atomic E-state index is 11.9. The van der Waals surface area contributed by atoms with Crippen molar-refractivity contribution in [3.05, 3.63) is 34.2 Å². The zero-order chi connectivity index (χ0) is 14.1. The Labute approximate surface area is 116 Å². The van der Waals surface area contributed by atoms with E-state index in [1.807, 2.05) is 12.1 Å². The van der Waals surface area contributed by atoms with Crippen LogP contribution in [0.15, 0.2) is 27.4 Å². The molecule has 1 aliphatic rings. The average molecular weight is 270 g/mol. The van der Waals surface area contributed by atoms with Gasteiger partial charge in [-0.2, -0.15) is 5.26 Å². The Morgan fingerprint density at radius 3 is 2.75 bits per heavy atom. The van der Waals surface area contributed by atoms with Crippen molar-refractivity contribution in [2.24, 2.45) is 0 Å². The number of methoxy groups -OCH3 is 1. The highest BCUT2D eigenvalue weighted by atomic mass is 16.5. The van der Waals surface area contributed by atoms with Crippen molar-refractivity contribution in [3.63, 3.8) is 0 Å². The van der Waals surface area contributed by atoms with Crippen LogP contribution in [0.25, 0.3) is 11.0 Å². The molecule has 1 aliphatic heterocycles. The molecular weight excluding hydrogens is 256 g/mol. The molecule has 1 fully saturated rings. The summed E-state index contributed by atoms with van der Waals surface area (Å²) in [4.78, 5) is 14.0. The summed E-state index contributed by atoms with van der Waals surface area (Å²) in [6.45, 7) is 1.70. The maximum Gasteiger partial charge on any atom is 0.356 e. The molecule has 0 spiro atoms. The molecule has 0 bridgehead atoms. The van der Waals surface area contributed by atoms with Crippen LogP contribution in [0.5, 0.6) is 5.75 Å². The Hall–Kier alpha value is -2.48. The van der Waals surface area contributed by atoms with Gasteiger partial charge in [-0.25, -0.2) is 4.79 Å². The van der Waals surface area contributed by atoms with Gasteiger partial charge in [-0.05, 0) is 31.0 Å². The van der Waals surface area contributed by atoms with Crippen molar-refractivity contribution >= 4 is 16.7 Å². The van der Waals surface area contributed by atoms with Gasteiger partial charge < -0.3 is 14.1 Å². The molecule has 1 aromatic heterocycles. The minimum Gasteiger partial charge on any atom is -0.497 e. The van der Waals surface area contributed by atoms with Crippen LogP contribution < -0.4 is 15.3 Å². The first-order valence-corrected chi connectivity index (χ1v) is 6.54. The number of hydrogen-bond donors (Lipinski definition) is 0. The van der Waals surface area contributed by atoms with Crippen LogP contribution in [-0.2, 0) is 0 Å². The van der Waals surface area contributed by atoms with Gasteiger partial charge in [0.25, 0.3) is 0 Å². The fraction of sp³-hybridized carbons (Fsp3) is 0.333. The highest BCUT2D eigenvalue weighted by Crippen LogP contribution is 2.33. The predicted octanol–water partition coefficient (Wildman–Crippen LogP) is 2.27. The van der Waals surface area contributed by atoms with Crippen LogP contribution in [0, 0.1) is 11.3 Å². The highest BCUT2D eigenvalue weighted by molar-refractivity contribution is 5.94. The molecule has 0 N–H and O–H groups in total. The first-order valence-electron chi connectivity index (χ1n) is 6.54. The SMILES string of the molecule is COc1ccc2oc(=O)c(C#N)c(N3CCCC3)c2c1. The van der Waals surface area contributed by atoms with Crippen LogP contribution >= 0.6 is 0 Å². The average Bonchev–Trinajstić information content (AvgIpc) is 2.99. The molecule has 0 aliphatic carbocycles. The van der Waals surface area contributed by atoms with Gasteiger partial charge >= 0.3 is 5.63 Å². The molecule has 0 atom stereocenters. The van der Waals surface area contributed by atoms with Crippen LogP contribution in [-0.4, -0.2) is 20.2 Å². The molecule has 1 aromatic carbocycles. The summed E-state index contributed by atoms with van der Waals surface area (Å²) >= 11 is 0. The van der Waals surface area contributed by atoms with Gasteiger partial charge in [-0.1, -0.05) is 0 Å². The van der Waals surface area contributed by atoms with Gasteiger partial charge in [0, 0.05) is 18.5 Å². The van der Waals surface area contributed by atoms with Crippen molar-refractivity contribution in [3.8, 4) is 11.8 Å². The Balaban J connectivity index is 2.36. The lowest BCUT2D eigenvalue weighted by atomic mass is 10.1. The molecular formula is C15H14N2O3. The van der Waals surface area contributed by atoms with E-state index in [4.69, 9.17) is 9.15 Å². The summed E-state index contributed by atoms with van der Waals surface area (Å²) in [5.74, 6) is 0.677. The van der Waals surface area contributed by atoms with E-state index in [1.54, 1.807) is 19.2 Å². The van der Waals surface area contributed by atoms with E-state index >= 15 is 0 Å². The molecule has 20 heavy (non-hydrogen) atoms. The zero-order valence-electron chi connectivity index (χ0n) is 11.2. The summed E-state index contributed by atoms with van der Waals surface area (Å²) in [5, 5.41) is 10.0. The highest BCUT2D eigenvalue weighted by Gasteiger charge is 2.22. The molecule has 3 rings (SSSR count). The molecule has 2 aromatic rings. The lowest BCUT2D eigenvalue weighted by Crippen LogP contribution is -2.22. The quantitative estimate of drug-likeness (QED) is 0.783. The van der Waals surface area contributed by atoms with Crippen molar-refractivity contribution in [2.45, 2.75) is 12.8 Å². The van der Waals surface area contributed by atoms with Gasteiger partial charge in [0.1, 0.15) is 17.4 Å². The van der Waals surface area contributed by atoms with Crippen LogP contribution in [0.3, 0.4) is 0 Å². The standard InChI is InChI=1S/C15H14N2O3/c1-19-10-4-5-13-11(8-10)14(17-6-2-3-7-17)12(9-16)15(18)20-13/h4-5,8H,2-3,6-7H2,1H3. The number of hydrogen-bond acceptors (Lipinski definition) is 5. The molecule has 5 nitrogen and oxygen atoms in total. The van der Waals surface area contributed by atoms with E-state index in [0.717, 1.165) is 31.3 Å². The van der Waals surface area contributed by atoms with Gasteiger partial charge in [0.2, 0.25) is 0 Å². The molecule has 0 amide bonds. The molecule has 102 valence electrons. The maximum absolute atomic E-state index is 11.9. The van der Waals surface area contributed by atoms with Crippen molar-refractivity contribution < 1.29 is 9.15 Å². The van der Waals surface area contributed by atoms with E-state index in [1.165, 1.54) is 0 Å². The lowest BCUT2D eigenvalue weighted by Gasteiger charge is -2.20. The molecule has 1 saturated heterocycles. The molecule has 0 radical (unpaired) electrons. The first kappa shape index (κ1) is 12.5. The van der Waals surface area contributed by atoms with E-state index in [-0.39, 0.29) is 5.56 Å². The Kier molecular flexibility index (Phi) is 3.07. The zero-order valence-corrected chi connectivity index (χ0v) is 11.2. The van der Waals surface area contributed by atoms with Crippen molar-refractivity contribution in [1.82, 2.24) is 0 Å². The third-order valence-corrected chi connectivity index (χ3v) is 3.62. The topological polar surface area (TPSA) is 66.5 Å². The fourth-order valence-electron chi connectivity index (χ4n) is 2.66. The second-order valence-corrected chi connectivity index (χ2v) is 4.78. The Bertz CT molecular complexity index is 752. The Morgan fingerprint density at radius 2 is 2.10 bits per heavy atom. The van der Waals surface area contributed by atoms with Crippen molar-refractivity contribution in [1.29, 1.82) is 5.26 Å². The number of rotatable bonds is 2. The van der Waals surface area contributed by atoms with Crippen LogP contribution in [0.1, 0.15) is 18.4 Å². The normalized spacial score (nSPS) is 14.5. The lowest BCUT2D eigenvalue weighted by molar-refractivity contribution is 0.415. The van der Waals surface area contributed by atoms with Crippen LogP contribution in [0.4, 0.5) is 5.69 Å². The van der Waals surface area contributed by atoms with Crippen molar-refractivity contribution in [2.75, 3.05) is 25.1 Å². The van der Waals surface area contributed by atoms with Gasteiger partial charge in [0.15, 0.2) is 5.56 Å². The second kappa shape index (κ2) is 4.89. The summed E-state index contributed by atoms with van der Waals surface area (Å²) in [6, 6.07) is 7.24. The summed E-state index contributed by atoms with van der Waals surface area (Å²) in [7, 11) is 1.58. The Morgan fingerprint density at radius 1 is 1.35 bits per heavy atom. The summed E-state index contributed by atoms with van der Waals surface area (Å²) < 4.78 is 10.4. The van der Waals surface area contributed by atoms with E-state index in [2.05, 4.69) is 4.90 Å². The first-order chi connectivity index (χ1) is 9.74. The third kappa shape index (κ3) is 1.90. The minimum absolute atomic E-state index is 0.0765. The van der Waals surface area contributed by atoms with E-state index in [9.17, 15) is 10.1 Å². The van der Waals surface area contributed by atoms with Gasteiger partial charge in [-0.15, -0.1) is 0 Å². The summed E-state index contributed by atoms with van der Waals surface area (Å²) in [5.41, 5.74) is 0.659. The number of fused-ring (bicyclic) bond motifs is 1. The third-order valence-electron chi connectivity index (χ3n) is 3.62. The number of nitriles is 1. The molecule has 0 unspecified atom stereocenters. The fourth-order valence-corrected chi connectivity index (χ4v) is 2.66. The van der Waals surface area contributed by atoms with E-state index in [0.29, 0.717) is 17.0 Å². The van der Waals surface area contributed by atoms with E-state index < -0.39 is 5.63 Å². The number of nitrogens with zero attached hydrogens (tertiary/aromatic N) is 2. The second-order valence-electron chi connectivity index (χ2n) is 4.78. The predicted molar refractivity (Wildman–Crippen MR) is 75.2 cm³/mol. The minimum atomic E-state index is -0.577. The smallest absolute Gasteiger partial charge is 0.356 e. The number of benzene rings is 1. The molecule has 5 heteroatoms. The van der Waals surface area contributed by atoms with Gasteiger partial charge in [0.05, 0.1) is 12.8 Å². The number of anilines is 1. The van der Waals surface area contributed by atoms with Crippen LogP contribution in [0.2, 0.25) is 0 Å².